The highest BCUT2D eigenvalue weighted by atomic mass is 16.5. The lowest BCUT2D eigenvalue weighted by Crippen LogP contribution is -2.31. The first-order valence-corrected chi connectivity index (χ1v) is 6.73. The average Bonchev–Trinajstić information content (AvgIpc) is 3.09. The van der Waals surface area contributed by atoms with Gasteiger partial charge in [0.05, 0.1) is 12.3 Å². The van der Waals surface area contributed by atoms with Crippen LogP contribution in [0.5, 0.6) is 0 Å². The highest BCUT2D eigenvalue weighted by Gasteiger charge is 2.24. The van der Waals surface area contributed by atoms with E-state index in [0.29, 0.717) is 0 Å². The molecule has 1 aliphatic heterocycles. The molecule has 1 saturated heterocycles. The molecule has 0 aliphatic carbocycles. The van der Waals surface area contributed by atoms with Gasteiger partial charge in [0.15, 0.2) is 5.76 Å². The summed E-state index contributed by atoms with van der Waals surface area (Å²) in [5, 5.41) is 13.4. The molecule has 0 spiro atoms. The first-order valence-electron chi connectivity index (χ1n) is 6.73. The number of aromatic nitrogens is 1. The molecule has 1 N–H and O–H groups in total. The second-order valence-corrected chi connectivity index (χ2v) is 5.00. The van der Waals surface area contributed by atoms with Crippen molar-refractivity contribution in [2.24, 2.45) is 0 Å². The Labute approximate surface area is 112 Å². The van der Waals surface area contributed by atoms with E-state index in [-0.39, 0.29) is 12.6 Å². The van der Waals surface area contributed by atoms with Crippen LogP contribution in [0.3, 0.4) is 0 Å². The monoisotopic (exact) mass is 258 g/mol. The molecular formula is C15H18N2O2. The minimum atomic E-state index is 0.226. The van der Waals surface area contributed by atoms with Crippen molar-refractivity contribution >= 4 is 0 Å². The van der Waals surface area contributed by atoms with Gasteiger partial charge in [0.25, 0.3) is 0 Å². The molecule has 2 aromatic rings. The van der Waals surface area contributed by atoms with Crippen LogP contribution >= 0.6 is 0 Å². The molecule has 2 heterocycles. The normalized spacial score (nSPS) is 19.9. The summed E-state index contributed by atoms with van der Waals surface area (Å²) < 4.78 is 5.39. The number of nitrogens with zero attached hydrogens (tertiary/aromatic N) is 2. The zero-order chi connectivity index (χ0) is 13.1. The maximum absolute atomic E-state index is 9.31. The topological polar surface area (TPSA) is 49.5 Å². The Morgan fingerprint density at radius 3 is 2.95 bits per heavy atom. The van der Waals surface area contributed by atoms with Gasteiger partial charge in [-0.05, 0) is 19.4 Å². The molecule has 1 aliphatic rings. The van der Waals surface area contributed by atoms with Gasteiger partial charge in [-0.1, -0.05) is 35.5 Å². The van der Waals surface area contributed by atoms with Gasteiger partial charge in [0, 0.05) is 24.2 Å². The average molecular weight is 258 g/mol. The van der Waals surface area contributed by atoms with E-state index in [2.05, 4.69) is 10.1 Å². The molecular weight excluding hydrogens is 240 g/mol. The molecule has 4 heteroatoms. The van der Waals surface area contributed by atoms with Crippen molar-refractivity contribution in [3.63, 3.8) is 0 Å². The van der Waals surface area contributed by atoms with Crippen molar-refractivity contribution in [2.45, 2.75) is 25.4 Å². The molecule has 1 aromatic heterocycles. The quantitative estimate of drug-likeness (QED) is 0.914. The summed E-state index contributed by atoms with van der Waals surface area (Å²) in [6.45, 7) is 2.00. The molecule has 0 amide bonds. The van der Waals surface area contributed by atoms with Crippen LogP contribution < -0.4 is 0 Å². The fraction of sp³-hybridized carbons (Fsp3) is 0.400. The Morgan fingerprint density at radius 2 is 2.16 bits per heavy atom. The summed E-state index contributed by atoms with van der Waals surface area (Å²) in [5.74, 6) is 0.801. The minimum Gasteiger partial charge on any atom is -0.395 e. The van der Waals surface area contributed by atoms with Crippen molar-refractivity contribution in [1.82, 2.24) is 10.1 Å². The van der Waals surface area contributed by atoms with Crippen molar-refractivity contribution in [3.8, 4) is 11.3 Å². The molecule has 19 heavy (non-hydrogen) atoms. The maximum Gasteiger partial charge on any atom is 0.167 e. The lowest BCUT2D eigenvalue weighted by atomic mass is 10.1. The number of aliphatic hydroxyl groups is 1. The van der Waals surface area contributed by atoms with E-state index in [9.17, 15) is 5.11 Å². The van der Waals surface area contributed by atoms with E-state index >= 15 is 0 Å². The SMILES string of the molecule is OC[C@@H]1CCCN1Cc1cc(-c2ccccc2)on1. The second-order valence-electron chi connectivity index (χ2n) is 5.00. The fourth-order valence-corrected chi connectivity index (χ4v) is 2.64. The van der Waals surface area contributed by atoms with Gasteiger partial charge in [0.1, 0.15) is 0 Å². The summed E-state index contributed by atoms with van der Waals surface area (Å²) in [4.78, 5) is 2.27. The van der Waals surface area contributed by atoms with Crippen LogP contribution in [-0.4, -0.2) is 34.4 Å². The number of hydrogen-bond acceptors (Lipinski definition) is 4. The third kappa shape index (κ3) is 2.69. The van der Waals surface area contributed by atoms with Crippen molar-refractivity contribution < 1.29 is 9.63 Å². The van der Waals surface area contributed by atoms with E-state index in [1.165, 1.54) is 0 Å². The van der Waals surface area contributed by atoms with Crippen molar-refractivity contribution in [2.75, 3.05) is 13.2 Å². The molecule has 1 fully saturated rings. The number of aliphatic hydroxyl groups excluding tert-OH is 1. The highest BCUT2D eigenvalue weighted by molar-refractivity contribution is 5.56. The summed E-state index contributed by atoms with van der Waals surface area (Å²) in [7, 11) is 0. The van der Waals surface area contributed by atoms with Gasteiger partial charge in [-0.3, -0.25) is 4.90 Å². The molecule has 1 atom stereocenters. The van der Waals surface area contributed by atoms with Crippen molar-refractivity contribution in [3.05, 3.63) is 42.1 Å². The van der Waals surface area contributed by atoms with Crippen LogP contribution in [0.25, 0.3) is 11.3 Å². The lowest BCUT2D eigenvalue weighted by molar-refractivity contribution is 0.151. The Balaban J connectivity index is 1.72. The predicted molar refractivity (Wildman–Crippen MR) is 72.5 cm³/mol. The molecule has 0 unspecified atom stereocenters. The number of rotatable bonds is 4. The molecule has 0 saturated carbocycles. The van der Waals surface area contributed by atoms with E-state index in [4.69, 9.17) is 4.52 Å². The Morgan fingerprint density at radius 1 is 1.32 bits per heavy atom. The van der Waals surface area contributed by atoms with Crippen LogP contribution in [-0.2, 0) is 6.54 Å². The predicted octanol–water partition coefficient (Wildman–Crippen LogP) is 2.30. The Bertz CT molecular complexity index is 524. The molecule has 0 radical (unpaired) electrons. The largest absolute Gasteiger partial charge is 0.395 e. The van der Waals surface area contributed by atoms with E-state index < -0.39 is 0 Å². The zero-order valence-electron chi connectivity index (χ0n) is 10.8. The Kier molecular flexibility index (Phi) is 3.62. The maximum atomic E-state index is 9.31. The van der Waals surface area contributed by atoms with Crippen LogP contribution in [0.4, 0.5) is 0 Å². The first-order chi connectivity index (χ1) is 9.36. The van der Waals surface area contributed by atoms with Crippen LogP contribution in [0.15, 0.2) is 40.9 Å². The summed E-state index contributed by atoms with van der Waals surface area (Å²) in [6, 6.07) is 12.2. The number of benzene rings is 1. The fourth-order valence-electron chi connectivity index (χ4n) is 2.64. The van der Waals surface area contributed by atoms with Gasteiger partial charge in [-0.2, -0.15) is 0 Å². The molecule has 0 bridgehead atoms. The Hall–Kier alpha value is -1.65. The molecule has 4 nitrogen and oxygen atoms in total. The van der Waals surface area contributed by atoms with Crippen molar-refractivity contribution in [1.29, 1.82) is 0 Å². The third-order valence-electron chi connectivity index (χ3n) is 3.69. The summed E-state index contributed by atoms with van der Waals surface area (Å²) in [6.07, 6.45) is 2.22. The van der Waals surface area contributed by atoms with E-state index in [0.717, 1.165) is 42.9 Å². The summed E-state index contributed by atoms with van der Waals surface area (Å²) >= 11 is 0. The molecule has 1 aromatic carbocycles. The lowest BCUT2D eigenvalue weighted by Gasteiger charge is -2.20. The first kappa shape index (κ1) is 12.4. The van der Waals surface area contributed by atoms with Gasteiger partial charge in [-0.15, -0.1) is 0 Å². The third-order valence-corrected chi connectivity index (χ3v) is 3.69. The van der Waals surface area contributed by atoms with E-state index in [1.807, 2.05) is 36.4 Å². The van der Waals surface area contributed by atoms with Gasteiger partial charge >= 0.3 is 0 Å². The zero-order valence-corrected chi connectivity index (χ0v) is 10.8. The number of hydrogen-bond donors (Lipinski definition) is 1. The van der Waals surface area contributed by atoms with E-state index in [1.54, 1.807) is 0 Å². The van der Waals surface area contributed by atoms with Crippen LogP contribution in [0.2, 0.25) is 0 Å². The van der Waals surface area contributed by atoms with Crippen LogP contribution in [0.1, 0.15) is 18.5 Å². The second kappa shape index (κ2) is 5.55. The molecule has 100 valence electrons. The van der Waals surface area contributed by atoms with Gasteiger partial charge in [0.2, 0.25) is 0 Å². The number of likely N-dealkylation sites (tertiary alicyclic amines) is 1. The minimum absolute atomic E-state index is 0.226. The van der Waals surface area contributed by atoms with Crippen LogP contribution in [0, 0.1) is 0 Å². The highest BCUT2D eigenvalue weighted by Crippen LogP contribution is 2.23. The standard InChI is InChI=1S/C15H18N2O2/c18-11-14-7-4-8-17(14)10-13-9-15(19-16-13)12-5-2-1-3-6-12/h1-3,5-6,9,14,18H,4,7-8,10-11H2/t14-/m0/s1. The van der Waals surface area contributed by atoms with Gasteiger partial charge < -0.3 is 9.63 Å². The van der Waals surface area contributed by atoms with Gasteiger partial charge in [-0.25, -0.2) is 0 Å². The smallest absolute Gasteiger partial charge is 0.167 e. The molecule has 3 rings (SSSR count). The summed E-state index contributed by atoms with van der Waals surface area (Å²) in [5.41, 5.74) is 1.97.